The van der Waals surface area contributed by atoms with E-state index in [1.807, 2.05) is 32.3 Å². The predicted molar refractivity (Wildman–Crippen MR) is 89.1 cm³/mol. The van der Waals surface area contributed by atoms with E-state index in [0.29, 0.717) is 13.2 Å². The highest BCUT2D eigenvalue weighted by Crippen LogP contribution is 2.37. The number of hydrogen-bond donors (Lipinski definition) is 0. The van der Waals surface area contributed by atoms with E-state index in [9.17, 15) is 0 Å². The third kappa shape index (κ3) is 2.87. The van der Waals surface area contributed by atoms with Crippen molar-refractivity contribution in [1.82, 2.24) is 0 Å². The molecule has 0 aromatic heterocycles. The van der Waals surface area contributed by atoms with Crippen LogP contribution in [0.1, 0.15) is 24.0 Å². The Morgan fingerprint density at radius 2 is 1.32 bits per heavy atom. The molecular weight excluding hydrogens is 274 g/mol. The zero-order chi connectivity index (χ0) is 15.4. The first-order chi connectivity index (χ1) is 10.7. The van der Waals surface area contributed by atoms with Gasteiger partial charge in [0.15, 0.2) is 0 Å². The van der Waals surface area contributed by atoms with Gasteiger partial charge in [-0.2, -0.15) is 0 Å². The monoisotopic (exact) mass is 297 g/mol. The molecule has 0 radical (unpaired) electrons. The Kier molecular flexibility index (Phi) is 4.46. The summed E-state index contributed by atoms with van der Waals surface area (Å²) >= 11 is 0. The van der Waals surface area contributed by atoms with Gasteiger partial charge >= 0.3 is 0 Å². The molecule has 0 saturated carbocycles. The van der Waals surface area contributed by atoms with E-state index in [1.165, 1.54) is 5.69 Å². The zero-order valence-corrected chi connectivity index (χ0v) is 13.3. The van der Waals surface area contributed by atoms with Gasteiger partial charge in [0.05, 0.1) is 13.2 Å². The zero-order valence-electron chi connectivity index (χ0n) is 13.3. The fourth-order valence-corrected chi connectivity index (χ4v) is 2.81. The minimum atomic E-state index is -0.789. The normalized spacial score (nSPS) is 17.7. The van der Waals surface area contributed by atoms with Crippen LogP contribution < -0.4 is 4.90 Å². The average Bonchev–Trinajstić information content (AvgIpc) is 2.83. The molecule has 0 bridgehead atoms. The lowest BCUT2D eigenvalue weighted by Crippen LogP contribution is -2.34. The van der Waals surface area contributed by atoms with Crippen LogP contribution in [0.25, 0.3) is 0 Å². The van der Waals surface area contributed by atoms with Crippen molar-refractivity contribution in [3.05, 3.63) is 65.7 Å². The van der Waals surface area contributed by atoms with E-state index in [2.05, 4.69) is 41.3 Å². The highest BCUT2D eigenvalue weighted by atomic mass is 16.7. The molecule has 0 spiro atoms. The molecule has 3 nitrogen and oxygen atoms in total. The standard InChI is InChI=1S/C19H23NO2/c1-20(2)18-12-10-17(11-13-18)19(16-8-4-3-5-9-16)21-14-6-7-15-22-19/h3-5,8-13H,6-7,14-15H2,1-2H3. The van der Waals surface area contributed by atoms with Crippen molar-refractivity contribution in [2.24, 2.45) is 0 Å². The Labute approximate surface area is 132 Å². The summed E-state index contributed by atoms with van der Waals surface area (Å²) in [5.41, 5.74) is 3.27. The Balaban J connectivity index is 2.05. The highest BCUT2D eigenvalue weighted by molar-refractivity contribution is 5.48. The van der Waals surface area contributed by atoms with E-state index >= 15 is 0 Å². The molecule has 1 heterocycles. The van der Waals surface area contributed by atoms with Crippen LogP contribution in [-0.4, -0.2) is 27.3 Å². The SMILES string of the molecule is CN(C)c1ccc(C2(c3ccccc3)OCCCCO2)cc1. The fraction of sp³-hybridized carbons (Fsp3) is 0.368. The van der Waals surface area contributed by atoms with E-state index in [-0.39, 0.29) is 0 Å². The maximum absolute atomic E-state index is 6.23. The van der Waals surface area contributed by atoms with Gasteiger partial charge in [-0.25, -0.2) is 0 Å². The molecule has 0 aliphatic carbocycles. The summed E-state index contributed by atoms with van der Waals surface area (Å²) in [6.07, 6.45) is 2.06. The first-order valence-electron chi connectivity index (χ1n) is 7.84. The quantitative estimate of drug-likeness (QED) is 0.860. The lowest BCUT2D eigenvalue weighted by molar-refractivity contribution is -0.204. The third-order valence-corrected chi connectivity index (χ3v) is 4.07. The van der Waals surface area contributed by atoms with Crippen molar-refractivity contribution in [1.29, 1.82) is 0 Å². The minimum Gasteiger partial charge on any atom is -0.378 e. The van der Waals surface area contributed by atoms with Crippen LogP contribution >= 0.6 is 0 Å². The summed E-state index contributed by atoms with van der Waals surface area (Å²) in [5.74, 6) is -0.789. The highest BCUT2D eigenvalue weighted by Gasteiger charge is 2.37. The molecule has 2 aromatic carbocycles. The average molecular weight is 297 g/mol. The van der Waals surface area contributed by atoms with Gasteiger partial charge in [0.2, 0.25) is 5.79 Å². The number of anilines is 1. The summed E-state index contributed by atoms with van der Waals surface area (Å²) in [5, 5.41) is 0. The molecule has 1 saturated heterocycles. The van der Waals surface area contributed by atoms with Crippen molar-refractivity contribution in [3.8, 4) is 0 Å². The number of ether oxygens (including phenoxy) is 2. The first kappa shape index (κ1) is 15.1. The summed E-state index contributed by atoms with van der Waals surface area (Å²) in [6.45, 7) is 1.43. The molecule has 0 unspecified atom stereocenters. The Hall–Kier alpha value is -1.84. The lowest BCUT2D eigenvalue weighted by Gasteiger charge is -2.33. The lowest BCUT2D eigenvalue weighted by atomic mass is 9.96. The first-order valence-corrected chi connectivity index (χ1v) is 7.84. The number of rotatable bonds is 3. The maximum atomic E-state index is 6.23. The van der Waals surface area contributed by atoms with Crippen LogP contribution in [0.3, 0.4) is 0 Å². The molecule has 0 N–H and O–H groups in total. The van der Waals surface area contributed by atoms with Crippen molar-refractivity contribution in [3.63, 3.8) is 0 Å². The van der Waals surface area contributed by atoms with Crippen LogP contribution in [-0.2, 0) is 15.3 Å². The van der Waals surface area contributed by atoms with Gasteiger partial charge < -0.3 is 14.4 Å². The Bertz CT molecular complexity index is 585. The summed E-state index contributed by atoms with van der Waals surface area (Å²) in [4.78, 5) is 2.09. The second kappa shape index (κ2) is 6.51. The summed E-state index contributed by atoms with van der Waals surface area (Å²) in [6, 6.07) is 18.7. The maximum Gasteiger partial charge on any atom is 0.222 e. The second-order valence-corrected chi connectivity index (χ2v) is 5.83. The Morgan fingerprint density at radius 3 is 1.86 bits per heavy atom. The van der Waals surface area contributed by atoms with E-state index in [0.717, 1.165) is 24.0 Å². The molecule has 0 atom stereocenters. The number of benzene rings is 2. The van der Waals surface area contributed by atoms with Gasteiger partial charge in [-0.3, -0.25) is 0 Å². The smallest absolute Gasteiger partial charge is 0.222 e. The van der Waals surface area contributed by atoms with Crippen LogP contribution in [0.5, 0.6) is 0 Å². The Morgan fingerprint density at radius 1 is 0.773 bits per heavy atom. The van der Waals surface area contributed by atoms with Gasteiger partial charge in [-0.05, 0) is 25.0 Å². The van der Waals surface area contributed by atoms with Crippen LogP contribution in [0.15, 0.2) is 54.6 Å². The molecule has 1 aliphatic heterocycles. The molecule has 22 heavy (non-hydrogen) atoms. The van der Waals surface area contributed by atoms with E-state index in [4.69, 9.17) is 9.47 Å². The topological polar surface area (TPSA) is 21.7 Å². The third-order valence-electron chi connectivity index (χ3n) is 4.07. The molecule has 116 valence electrons. The van der Waals surface area contributed by atoms with E-state index in [1.54, 1.807) is 0 Å². The van der Waals surface area contributed by atoms with Crippen molar-refractivity contribution >= 4 is 5.69 Å². The van der Waals surface area contributed by atoms with E-state index < -0.39 is 5.79 Å². The molecular formula is C19H23NO2. The predicted octanol–water partition coefficient (Wildman–Crippen LogP) is 3.78. The van der Waals surface area contributed by atoms with Gasteiger partial charge in [-0.15, -0.1) is 0 Å². The van der Waals surface area contributed by atoms with Crippen molar-refractivity contribution in [2.75, 3.05) is 32.2 Å². The second-order valence-electron chi connectivity index (χ2n) is 5.83. The van der Waals surface area contributed by atoms with Crippen molar-refractivity contribution in [2.45, 2.75) is 18.6 Å². The van der Waals surface area contributed by atoms with Gasteiger partial charge in [0.25, 0.3) is 0 Å². The van der Waals surface area contributed by atoms with Gasteiger partial charge in [0.1, 0.15) is 0 Å². The van der Waals surface area contributed by atoms with Gasteiger partial charge in [-0.1, -0.05) is 42.5 Å². The molecule has 3 heteroatoms. The minimum absolute atomic E-state index is 0.713. The van der Waals surface area contributed by atoms with Gasteiger partial charge in [0, 0.05) is 30.9 Å². The molecule has 0 amide bonds. The van der Waals surface area contributed by atoms with Crippen LogP contribution in [0.4, 0.5) is 5.69 Å². The molecule has 1 aliphatic rings. The molecule has 3 rings (SSSR count). The summed E-state index contributed by atoms with van der Waals surface area (Å²) < 4.78 is 12.5. The number of nitrogens with zero attached hydrogens (tertiary/aromatic N) is 1. The van der Waals surface area contributed by atoms with Crippen LogP contribution in [0.2, 0.25) is 0 Å². The molecule has 1 fully saturated rings. The fourth-order valence-electron chi connectivity index (χ4n) is 2.81. The van der Waals surface area contributed by atoms with Crippen LogP contribution in [0, 0.1) is 0 Å². The molecule has 2 aromatic rings. The summed E-state index contributed by atoms with van der Waals surface area (Å²) in [7, 11) is 4.08. The number of hydrogen-bond acceptors (Lipinski definition) is 3. The van der Waals surface area contributed by atoms with Crippen molar-refractivity contribution < 1.29 is 9.47 Å². The largest absolute Gasteiger partial charge is 0.378 e.